The Morgan fingerprint density at radius 3 is 1.88 bits per heavy atom. The number of esters is 1. The van der Waals surface area contributed by atoms with E-state index in [0.717, 1.165) is 11.1 Å². The van der Waals surface area contributed by atoms with Crippen molar-refractivity contribution in [3.05, 3.63) is 59.2 Å². The second-order valence-electron chi connectivity index (χ2n) is 6.17. The van der Waals surface area contributed by atoms with Crippen LogP contribution >= 0.6 is 0 Å². The van der Waals surface area contributed by atoms with E-state index in [9.17, 15) is 14.4 Å². The lowest BCUT2D eigenvalue weighted by atomic mass is 10.1. The van der Waals surface area contributed by atoms with Gasteiger partial charge in [0.15, 0.2) is 6.10 Å². The molecule has 2 N–H and O–H groups in total. The van der Waals surface area contributed by atoms with Gasteiger partial charge in [-0.1, -0.05) is 17.2 Å². The van der Waals surface area contributed by atoms with E-state index in [1.54, 1.807) is 36.4 Å². The highest BCUT2D eigenvalue weighted by Gasteiger charge is 2.19. The summed E-state index contributed by atoms with van der Waals surface area (Å²) in [5, 5.41) is 5.31. The summed E-state index contributed by atoms with van der Waals surface area (Å²) in [6, 6.07) is 12.1. The average molecular weight is 354 g/mol. The maximum atomic E-state index is 12.2. The lowest BCUT2D eigenvalue weighted by Crippen LogP contribution is -2.30. The SMILES string of the molecule is CC(=O)Nc1ccc(NC(=O)[C@@H](C)OC(=O)c2cc(C)cc(C)c2)cc1. The molecule has 2 amide bonds. The first-order valence-electron chi connectivity index (χ1n) is 8.22. The molecule has 2 rings (SSSR count). The first kappa shape index (κ1) is 19.2. The number of ether oxygens (including phenoxy) is 1. The van der Waals surface area contributed by atoms with Crippen molar-refractivity contribution in [3.63, 3.8) is 0 Å². The summed E-state index contributed by atoms with van der Waals surface area (Å²) in [5.74, 6) is -1.15. The summed E-state index contributed by atoms with van der Waals surface area (Å²) in [5.41, 5.74) is 3.49. The fourth-order valence-corrected chi connectivity index (χ4v) is 2.46. The Hall–Kier alpha value is -3.15. The van der Waals surface area contributed by atoms with Gasteiger partial charge in [-0.25, -0.2) is 4.79 Å². The Labute approximate surface area is 152 Å². The molecule has 0 saturated carbocycles. The van der Waals surface area contributed by atoms with Gasteiger partial charge in [0.2, 0.25) is 5.91 Å². The molecule has 0 aliphatic heterocycles. The number of hydrogen-bond acceptors (Lipinski definition) is 4. The minimum absolute atomic E-state index is 0.172. The molecule has 0 heterocycles. The van der Waals surface area contributed by atoms with Crippen LogP contribution in [0.1, 0.15) is 35.3 Å². The van der Waals surface area contributed by atoms with Gasteiger partial charge in [0.25, 0.3) is 5.91 Å². The predicted octanol–water partition coefficient (Wildman–Crippen LogP) is 3.45. The van der Waals surface area contributed by atoms with Gasteiger partial charge in [-0.05, 0) is 57.2 Å². The van der Waals surface area contributed by atoms with E-state index in [4.69, 9.17) is 4.74 Å². The molecular weight excluding hydrogens is 332 g/mol. The molecule has 0 radical (unpaired) electrons. The maximum absolute atomic E-state index is 12.2. The molecule has 0 unspecified atom stereocenters. The predicted molar refractivity (Wildman–Crippen MR) is 100 cm³/mol. The summed E-state index contributed by atoms with van der Waals surface area (Å²) in [7, 11) is 0. The molecule has 26 heavy (non-hydrogen) atoms. The van der Waals surface area contributed by atoms with Crippen LogP contribution in [0.3, 0.4) is 0 Å². The van der Waals surface area contributed by atoms with Crippen molar-refractivity contribution in [1.29, 1.82) is 0 Å². The van der Waals surface area contributed by atoms with E-state index >= 15 is 0 Å². The van der Waals surface area contributed by atoms with Gasteiger partial charge in [0.1, 0.15) is 0 Å². The first-order valence-corrected chi connectivity index (χ1v) is 8.22. The summed E-state index contributed by atoms with van der Waals surface area (Å²) in [6.07, 6.45) is -0.946. The largest absolute Gasteiger partial charge is 0.449 e. The number of benzene rings is 2. The number of nitrogens with one attached hydrogen (secondary N) is 2. The molecule has 0 bridgehead atoms. The van der Waals surface area contributed by atoms with Crippen molar-refractivity contribution in [2.45, 2.75) is 33.8 Å². The lowest BCUT2D eigenvalue weighted by molar-refractivity contribution is -0.123. The smallest absolute Gasteiger partial charge is 0.338 e. The normalized spacial score (nSPS) is 11.4. The average Bonchev–Trinajstić information content (AvgIpc) is 2.55. The molecule has 1 atom stereocenters. The minimum atomic E-state index is -0.946. The summed E-state index contributed by atoms with van der Waals surface area (Å²) in [4.78, 5) is 35.4. The van der Waals surface area contributed by atoms with E-state index < -0.39 is 18.0 Å². The third-order valence-corrected chi connectivity index (χ3v) is 3.58. The van der Waals surface area contributed by atoms with Crippen LogP contribution in [0.15, 0.2) is 42.5 Å². The number of rotatable bonds is 5. The number of hydrogen-bond donors (Lipinski definition) is 2. The Bertz CT molecular complexity index is 808. The standard InChI is InChI=1S/C20H22N2O4/c1-12-9-13(2)11-16(10-12)20(25)26-14(3)19(24)22-18-7-5-17(6-8-18)21-15(4)23/h5-11,14H,1-4H3,(H,21,23)(H,22,24)/t14-/m1/s1. The van der Waals surface area contributed by atoms with Crippen LogP contribution in [0, 0.1) is 13.8 Å². The third-order valence-electron chi connectivity index (χ3n) is 3.58. The van der Waals surface area contributed by atoms with Gasteiger partial charge in [-0.3, -0.25) is 9.59 Å². The molecule has 0 aliphatic rings. The first-order chi connectivity index (χ1) is 12.2. The lowest BCUT2D eigenvalue weighted by Gasteiger charge is -2.14. The minimum Gasteiger partial charge on any atom is -0.449 e. The second kappa shape index (κ2) is 8.29. The number of carbonyl (C=O) groups is 3. The number of anilines is 2. The van der Waals surface area contributed by atoms with Gasteiger partial charge in [-0.15, -0.1) is 0 Å². The van der Waals surface area contributed by atoms with Crippen molar-refractivity contribution < 1.29 is 19.1 Å². The van der Waals surface area contributed by atoms with Crippen LogP contribution in [0.4, 0.5) is 11.4 Å². The van der Waals surface area contributed by atoms with Gasteiger partial charge >= 0.3 is 5.97 Å². The molecule has 2 aromatic carbocycles. The monoisotopic (exact) mass is 354 g/mol. The van der Waals surface area contributed by atoms with Crippen LogP contribution in [0.25, 0.3) is 0 Å². The van der Waals surface area contributed by atoms with E-state index in [-0.39, 0.29) is 5.91 Å². The Kier molecular flexibility index (Phi) is 6.11. The van der Waals surface area contributed by atoms with Crippen molar-refractivity contribution in [2.75, 3.05) is 10.6 Å². The zero-order chi connectivity index (χ0) is 19.3. The summed E-state index contributed by atoms with van der Waals surface area (Å²) >= 11 is 0. The van der Waals surface area contributed by atoms with Crippen molar-refractivity contribution in [2.24, 2.45) is 0 Å². The van der Waals surface area contributed by atoms with Crippen molar-refractivity contribution in [1.82, 2.24) is 0 Å². The highest BCUT2D eigenvalue weighted by molar-refractivity contribution is 5.97. The fourth-order valence-electron chi connectivity index (χ4n) is 2.46. The topological polar surface area (TPSA) is 84.5 Å². The van der Waals surface area contributed by atoms with Crippen LogP contribution in [-0.2, 0) is 14.3 Å². The van der Waals surface area contributed by atoms with E-state index in [2.05, 4.69) is 10.6 Å². The van der Waals surface area contributed by atoms with E-state index in [1.165, 1.54) is 13.8 Å². The van der Waals surface area contributed by atoms with Crippen molar-refractivity contribution >= 4 is 29.2 Å². The van der Waals surface area contributed by atoms with E-state index in [0.29, 0.717) is 16.9 Å². The van der Waals surface area contributed by atoms with Gasteiger partial charge < -0.3 is 15.4 Å². The molecule has 0 aliphatic carbocycles. The van der Waals surface area contributed by atoms with Gasteiger partial charge in [-0.2, -0.15) is 0 Å². The third kappa shape index (κ3) is 5.44. The molecule has 0 fully saturated rings. The molecule has 136 valence electrons. The summed E-state index contributed by atoms with van der Waals surface area (Å²) in [6.45, 7) is 6.72. The Morgan fingerprint density at radius 2 is 1.38 bits per heavy atom. The maximum Gasteiger partial charge on any atom is 0.338 e. The van der Waals surface area contributed by atoms with Gasteiger partial charge in [0, 0.05) is 18.3 Å². The quantitative estimate of drug-likeness (QED) is 0.806. The molecular formula is C20H22N2O4. The Morgan fingerprint density at radius 1 is 0.885 bits per heavy atom. The summed E-state index contributed by atoms with van der Waals surface area (Å²) < 4.78 is 5.25. The number of amides is 2. The van der Waals surface area contributed by atoms with Crippen LogP contribution in [0.5, 0.6) is 0 Å². The molecule has 6 nitrogen and oxygen atoms in total. The molecule has 0 saturated heterocycles. The molecule has 6 heteroatoms. The highest BCUT2D eigenvalue weighted by Crippen LogP contribution is 2.15. The second-order valence-corrected chi connectivity index (χ2v) is 6.17. The van der Waals surface area contributed by atoms with Gasteiger partial charge in [0.05, 0.1) is 5.56 Å². The van der Waals surface area contributed by atoms with Crippen LogP contribution < -0.4 is 10.6 Å². The number of carbonyl (C=O) groups excluding carboxylic acids is 3. The zero-order valence-electron chi connectivity index (χ0n) is 15.3. The number of aryl methyl sites for hydroxylation is 2. The Balaban J connectivity index is 1.96. The highest BCUT2D eigenvalue weighted by atomic mass is 16.5. The molecule has 2 aromatic rings. The van der Waals surface area contributed by atoms with Crippen molar-refractivity contribution in [3.8, 4) is 0 Å². The zero-order valence-corrected chi connectivity index (χ0v) is 15.3. The van der Waals surface area contributed by atoms with Crippen LogP contribution in [0.2, 0.25) is 0 Å². The van der Waals surface area contributed by atoms with Crippen LogP contribution in [-0.4, -0.2) is 23.9 Å². The fraction of sp³-hybridized carbons (Fsp3) is 0.250. The molecule has 0 aromatic heterocycles. The van der Waals surface area contributed by atoms with E-state index in [1.807, 2.05) is 19.9 Å². The molecule has 0 spiro atoms.